The predicted octanol–water partition coefficient (Wildman–Crippen LogP) is -5.67. The van der Waals surface area contributed by atoms with Crippen molar-refractivity contribution in [2.75, 3.05) is 5.75 Å². The molecule has 0 radical (unpaired) electrons. The minimum absolute atomic E-state index is 0. The van der Waals surface area contributed by atoms with Gasteiger partial charge in [0.25, 0.3) is 0 Å². The van der Waals surface area contributed by atoms with Gasteiger partial charge in [0.15, 0.2) is 0 Å². The van der Waals surface area contributed by atoms with Crippen LogP contribution in [0.1, 0.15) is 33.1 Å². The fourth-order valence-corrected chi connectivity index (χ4v) is 1.69. The first-order chi connectivity index (χ1) is 8.08. The van der Waals surface area contributed by atoms with Gasteiger partial charge in [0.05, 0.1) is 16.2 Å². The minimum Gasteiger partial charge on any atom is -0.748 e. The van der Waals surface area contributed by atoms with Gasteiger partial charge < -0.3 is 16.2 Å². The molecule has 0 fully saturated rings. The van der Waals surface area contributed by atoms with E-state index in [2.05, 4.69) is 13.8 Å². The van der Waals surface area contributed by atoms with Crippen molar-refractivity contribution < 1.29 is 89.4 Å². The van der Waals surface area contributed by atoms with Gasteiger partial charge in [0, 0.05) is 5.75 Å². The zero-order chi connectivity index (χ0) is 14.8. The fraction of sp³-hybridized carbons (Fsp3) is 0.889. The summed E-state index contributed by atoms with van der Waals surface area (Å²) in [7, 11) is -7.34. The summed E-state index contributed by atoms with van der Waals surface area (Å²) in [4.78, 5) is 0. The summed E-state index contributed by atoms with van der Waals surface area (Å²) in [5.74, 6) is -0.552. The SMILES string of the molecule is O=S(=O)=O.[CH2-]C(CS(=O)(=O)[O-])OC(C)CCCC.[Na+].[Na+]. The van der Waals surface area contributed by atoms with E-state index in [0.29, 0.717) is 0 Å². The molecule has 7 nitrogen and oxygen atoms in total. The number of unbranched alkanes of at least 4 members (excludes halogenated alkanes) is 1. The van der Waals surface area contributed by atoms with Gasteiger partial charge in [0.2, 0.25) is 0 Å². The van der Waals surface area contributed by atoms with Gasteiger partial charge in [-0.2, -0.15) is 0 Å². The van der Waals surface area contributed by atoms with Crippen LogP contribution in [0.3, 0.4) is 0 Å². The quantitative estimate of drug-likeness (QED) is 0.256. The molecule has 0 heterocycles. The molecule has 0 aliphatic carbocycles. The van der Waals surface area contributed by atoms with Crippen molar-refractivity contribution >= 4 is 20.7 Å². The van der Waals surface area contributed by atoms with Gasteiger partial charge in [-0.05, 0) is 13.3 Å². The van der Waals surface area contributed by atoms with Crippen molar-refractivity contribution in [3.63, 3.8) is 0 Å². The molecule has 0 N–H and O–H groups in total. The van der Waals surface area contributed by atoms with Crippen LogP contribution >= 0.6 is 0 Å². The van der Waals surface area contributed by atoms with Crippen molar-refractivity contribution in [1.29, 1.82) is 0 Å². The largest absolute Gasteiger partial charge is 1.00 e. The smallest absolute Gasteiger partial charge is 0.748 e. The van der Waals surface area contributed by atoms with E-state index in [4.69, 9.17) is 17.4 Å². The second-order valence-corrected chi connectivity index (χ2v) is 5.50. The zero-order valence-corrected chi connectivity index (χ0v) is 18.0. The summed E-state index contributed by atoms with van der Waals surface area (Å²) < 4.78 is 61.7. The summed E-state index contributed by atoms with van der Waals surface area (Å²) in [6.07, 6.45) is 2.15. The van der Waals surface area contributed by atoms with Crippen LogP contribution in [0, 0.1) is 6.92 Å². The Bertz CT molecular complexity index is 400. The molecule has 20 heavy (non-hydrogen) atoms. The topological polar surface area (TPSA) is 118 Å². The van der Waals surface area contributed by atoms with E-state index < -0.39 is 32.6 Å². The maximum Gasteiger partial charge on any atom is 1.00 e. The Morgan fingerprint density at radius 2 is 1.65 bits per heavy atom. The van der Waals surface area contributed by atoms with Gasteiger partial charge in [-0.3, -0.25) is 0 Å². The normalized spacial score (nSPS) is 12.8. The molecule has 0 bridgehead atoms. The molecule has 0 rings (SSSR count). The molecule has 0 aromatic rings. The van der Waals surface area contributed by atoms with E-state index in [1.54, 1.807) is 0 Å². The third kappa shape index (κ3) is 31.7. The molecular formula is C9H18Na2O7S2. The third-order valence-corrected chi connectivity index (χ3v) is 2.56. The Labute approximate surface area is 166 Å². The number of hydrogen-bond acceptors (Lipinski definition) is 7. The number of rotatable bonds is 7. The Morgan fingerprint density at radius 3 is 1.95 bits per heavy atom. The summed E-state index contributed by atoms with van der Waals surface area (Å²) >= 11 is 0. The van der Waals surface area contributed by atoms with E-state index in [0.717, 1.165) is 19.3 Å². The standard InChI is InChI=1S/C9H19O4S.2Na.O3S/c1-4-5-6-8(2)13-9(3)7-14(10,11)12;;;1-4(2)3/h8-9H,3-7H2,1-2H3,(H,10,11,12);;;/q-1;2*+1;/p-1. The van der Waals surface area contributed by atoms with E-state index in [9.17, 15) is 13.0 Å². The van der Waals surface area contributed by atoms with Crippen LogP contribution in [-0.2, 0) is 25.5 Å². The maximum absolute atomic E-state index is 10.4. The van der Waals surface area contributed by atoms with E-state index in [-0.39, 0.29) is 65.2 Å². The van der Waals surface area contributed by atoms with Crippen LogP contribution in [0.25, 0.3) is 0 Å². The molecule has 0 aliphatic rings. The maximum atomic E-state index is 10.4. The molecule has 0 aliphatic heterocycles. The molecule has 11 heteroatoms. The molecule has 0 saturated heterocycles. The molecule has 0 amide bonds. The monoisotopic (exact) mass is 348 g/mol. The van der Waals surface area contributed by atoms with E-state index in [1.165, 1.54) is 0 Å². The van der Waals surface area contributed by atoms with Crippen LogP contribution in [0.15, 0.2) is 0 Å². The van der Waals surface area contributed by atoms with Crippen molar-refractivity contribution in [1.82, 2.24) is 0 Å². The van der Waals surface area contributed by atoms with Gasteiger partial charge >= 0.3 is 69.7 Å². The second kappa shape index (κ2) is 16.9. The van der Waals surface area contributed by atoms with Crippen molar-refractivity contribution in [3.8, 4) is 0 Å². The number of ether oxygens (including phenoxy) is 1. The average molecular weight is 348 g/mol. The van der Waals surface area contributed by atoms with Crippen molar-refractivity contribution in [3.05, 3.63) is 6.92 Å². The molecular weight excluding hydrogens is 330 g/mol. The average Bonchev–Trinajstić information content (AvgIpc) is 2.10. The van der Waals surface area contributed by atoms with Crippen molar-refractivity contribution in [2.24, 2.45) is 0 Å². The molecule has 0 aromatic heterocycles. The molecule has 2 atom stereocenters. The fourth-order valence-electron chi connectivity index (χ4n) is 1.16. The number of hydrogen-bond donors (Lipinski definition) is 0. The van der Waals surface area contributed by atoms with Crippen LogP contribution in [0.2, 0.25) is 0 Å². The van der Waals surface area contributed by atoms with Crippen LogP contribution in [0.4, 0.5) is 0 Å². The minimum atomic E-state index is -4.23. The predicted molar refractivity (Wildman–Crippen MR) is 63.5 cm³/mol. The summed E-state index contributed by atoms with van der Waals surface area (Å²) in [6, 6.07) is 0. The zero-order valence-electron chi connectivity index (χ0n) is 12.4. The van der Waals surface area contributed by atoms with E-state index >= 15 is 0 Å². The Morgan fingerprint density at radius 1 is 1.25 bits per heavy atom. The molecule has 110 valence electrons. The van der Waals surface area contributed by atoms with Gasteiger partial charge in [-0.25, -0.2) is 8.42 Å². The Hall–Kier alpha value is 1.49. The van der Waals surface area contributed by atoms with Crippen LogP contribution in [-0.4, -0.2) is 43.6 Å². The van der Waals surface area contributed by atoms with Gasteiger partial charge in [0.1, 0.15) is 0 Å². The molecule has 0 spiro atoms. The first kappa shape index (κ1) is 29.5. The van der Waals surface area contributed by atoms with Gasteiger partial charge in [-0.15, -0.1) is 12.6 Å². The molecule has 0 aromatic carbocycles. The van der Waals surface area contributed by atoms with Crippen LogP contribution in [0.5, 0.6) is 0 Å². The first-order valence-electron chi connectivity index (χ1n) is 5.27. The van der Waals surface area contributed by atoms with E-state index in [1.807, 2.05) is 6.92 Å². The Balaban J connectivity index is -0.000000188. The van der Waals surface area contributed by atoms with Crippen molar-refractivity contribution in [2.45, 2.75) is 45.3 Å². The Kier molecular flexibility index (Phi) is 24.9. The van der Waals surface area contributed by atoms with Crippen LogP contribution < -0.4 is 59.1 Å². The first-order valence-corrected chi connectivity index (χ1v) is 7.85. The summed E-state index contributed by atoms with van der Waals surface area (Å²) in [5.41, 5.74) is 0. The second-order valence-electron chi connectivity index (χ2n) is 3.64. The summed E-state index contributed by atoms with van der Waals surface area (Å²) in [6.45, 7) is 7.39. The summed E-state index contributed by atoms with van der Waals surface area (Å²) in [5, 5.41) is 0. The molecule has 0 saturated carbocycles. The molecule has 2 unspecified atom stereocenters. The van der Waals surface area contributed by atoms with Gasteiger partial charge in [-0.1, -0.05) is 25.9 Å². The third-order valence-electron chi connectivity index (χ3n) is 1.78.